The normalized spacial score (nSPS) is 14.0. The van der Waals surface area contributed by atoms with Gasteiger partial charge < -0.3 is 10.0 Å². The van der Waals surface area contributed by atoms with Crippen molar-refractivity contribution >= 4 is 22.8 Å². The Kier molecular flexibility index (Phi) is 4.18. The number of hydrogen-bond acceptors (Lipinski definition) is 4. The number of aromatic nitrogens is 4. The van der Waals surface area contributed by atoms with Crippen molar-refractivity contribution < 1.29 is 14.7 Å². The second-order valence-corrected chi connectivity index (χ2v) is 7.25. The molecule has 8 heteroatoms. The number of aromatic carboxylic acids is 1. The number of carbonyl (C=O) groups excluding carboxylic acids is 1. The standard InChI is InChI=1S/C19H21N5O3/c1-11(2)9-24-15-7-8-23(10-13(15)17(22-24)19(26)27)18(25)16-12-5-3-4-6-14(12)20-21-16/h3-6,11H,7-10H2,1-2H3,(H,20,21)(H,26,27). The molecule has 1 aromatic carbocycles. The van der Waals surface area contributed by atoms with E-state index in [1.54, 1.807) is 9.58 Å². The number of fused-ring (bicyclic) bond motifs is 2. The van der Waals surface area contributed by atoms with Gasteiger partial charge in [0.05, 0.1) is 12.1 Å². The predicted molar refractivity (Wildman–Crippen MR) is 98.6 cm³/mol. The van der Waals surface area contributed by atoms with Crippen molar-refractivity contribution in [2.75, 3.05) is 6.54 Å². The Labute approximate surface area is 155 Å². The van der Waals surface area contributed by atoms with E-state index < -0.39 is 5.97 Å². The zero-order chi connectivity index (χ0) is 19.1. The van der Waals surface area contributed by atoms with Crippen LogP contribution in [0.15, 0.2) is 24.3 Å². The van der Waals surface area contributed by atoms with Gasteiger partial charge in [0.1, 0.15) is 0 Å². The number of rotatable bonds is 4. The summed E-state index contributed by atoms with van der Waals surface area (Å²) in [6.45, 7) is 5.53. The van der Waals surface area contributed by atoms with Gasteiger partial charge in [0.15, 0.2) is 11.4 Å². The summed E-state index contributed by atoms with van der Waals surface area (Å²) >= 11 is 0. The van der Waals surface area contributed by atoms with Crippen LogP contribution in [0.4, 0.5) is 0 Å². The van der Waals surface area contributed by atoms with E-state index in [9.17, 15) is 14.7 Å². The molecule has 0 aliphatic carbocycles. The average molecular weight is 367 g/mol. The first-order chi connectivity index (χ1) is 13.0. The Morgan fingerprint density at radius 3 is 2.78 bits per heavy atom. The smallest absolute Gasteiger partial charge is 0.356 e. The van der Waals surface area contributed by atoms with E-state index in [-0.39, 0.29) is 18.1 Å². The van der Waals surface area contributed by atoms with Gasteiger partial charge in [0.2, 0.25) is 0 Å². The van der Waals surface area contributed by atoms with Crippen LogP contribution in [-0.4, -0.2) is 48.4 Å². The van der Waals surface area contributed by atoms with Gasteiger partial charge in [-0.05, 0) is 12.0 Å². The quantitative estimate of drug-likeness (QED) is 0.736. The van der Waals surface area contributed by atoms with Gasteiger partial charge in [-0.25, -0.2) is 4.79 Å². The van der Waals surface area contributed by atoms with Crippen molar-refractivity contribution in [3.05, 3.63) is 46.9 Å². The fourth-order valence-corrected chi connectivity index (χ4v) is 3.61. The Morgan fingerprint density at radius 2 is 2.04 bits per heavy atom. The molecule has 0 atom stereocenters. The number of carboxylic acids is 1. The molecule has 0 radical (unpaired) electrons. The zero-order valence-corrected chi connectivity index (χ0v) is 15.3. The van der Waals surface area contributed by atoms with Gasteiger partial charge in [-0.15, -0.1) is 0 Å². The van der Waals surface area contributed by atoms with Crippen LogP contribution in [0.2, 0.25) is 0 Å². The van der Waals surface area contributed by atoms with Crippen LogP contribution >= 0.6 is 0 Å². The van der Waals surface area contributed by atoms with Gasteiger partial charge in [-0.1, -0.05) is 32.0 Å². The summed E-state index contributed by atoms with van der Waals surface area (Å²) in [7, 11) is 0. The number of carboxylic acid groups (broad SMARTS) is 1. The van der Waals surface area contributed by atoms with E-state index in [0.29, 0.717) is 36.7 Å². The Bertz CT molecular complexity index is 1030. The number of nitrogens with zero attached hydrogens (tertiary/aromatic N) is 4. The third kappa shape index (κ3) is 2.97. The van der Waals surface area contributed by atoms with Gasteiger partial charge in [-0.2, -0.15) is 10.2 Å². The van der Waals surface area contributed by atoms with E-state index in [1.807, 2.05) is 24.3 Å². The molecular formula is C19H21N5O3. The molecule has 0 spiro atoms. The van der Waals surface area contributed by atoms with Crippen molar-refractivity contribution in [2.45, 2.75) is 33.4 Å². The maximum absolute atomic E-state index is 13.0. The van der Waals surface area contributed by atoms with Crippen molar-refractivity contribution in [2.24, 2.45) is 5.92 Å². The van der Waals surface area contributed by atoms with Crippen LogP contribution in [0.5, 0.6) is 0 Å². The minimum absolute atomic E-state index is 0.0371. The lowest BCUT2D eigenvalue weighted by molar-refractivity contribution is 0.0673. The maximum Gasteiger partial charge on any atom is 0.356 e. The molecule has 27 heavy (non-hydrogen) atoms. The van der Waals surface area contributed by atoms with Gasteiger partial charge in [0, 0.05) is 36.2 Å². The minimum atomic E-state index is -1.06. The van der Waals surface area contributed by atoms with Crippen LogP contribution in [0.25, 0.3) is 10.9 Å². The highest BCUT2D eigenvalue weighted by Crippen LogP contribution is 2.26. The Morgan fingerprint density at radius 1 is 1.26 bits per heavy atom. The van der Waals surface area contributed by atoms with E-state index in [0.717, 1.165) is 16.6 Å². The number of amides is 1. The summed E-state index contributed by atoms with van der Waals surface area (Å²) in [6, 6.07) is 7.46. The molecule has 1 aliphatic heterocycles. The molecule has 2 N–H and O–H groups in total. The number of H-pyrrole nitrogens is 1. The second-order valence-electron chi connectivity index (χ2n) is 7.25. The summed E-state index contributed by atoms with van der Waals surface area (Å²) in [5.74, 6) is -0.912. The van der Waals surface area contributed by atoms with Crippen LogP contribution < -0.4 is 0 Å². The van der Waals surface area contributed by atoms with Crippen LogP contribution in [0.3, 0.4) is 0 Å². The molecule has 0 saturated carbocycles. The monoisotopic (exact) mass is 367 g/mol. The van der Waals surface area contributed by atoms with E-state index in [2.05, 4.69) is 29.1 Å². The lowest BCUT2D eigenvalue weighted by Gasteiger charge is -2.27. The van der Waals surface area contributed by atoms with Crippen LogP contribution in [0.1, 0.15) is 46.1 Å². The molecule has 3 aromatic rings. The van der Waals surface area contributed by atoms with Crippen molar-refractivity contribution in [1.29, 1.82) is 0 Å². The minimum Gasteiger partial charge on any atom is -0.476 e. The predicted octanol–water partition coefficient (Wildman–Crippen LogP) is 2.31. The third-order valence-corrected chi connectivity index (χ3v) is 4.83. The first-order valence-electron chi connectivity index (χ1n) is 9.00. The molecule has 0 fully saturated rings. The number of aromatic amines is 1. The number of hydrogen-bond donors (Lipinski definition) is 2. The number of carbonyl (C=O) groups is 2. The molecule has 2 aromatic heterocycles. The highest BCUT2D eigenvalue weighted by Gasteiger charge is 2.31. The fraction of sp³-hybridized carbons (Fsp3) is 0.368. The highest BCUT2D eigenvalue weighted by molar-refractivity contribution is 6.04. The summed E-state index contributed by atoms with van der Waals surface area (Å²) in [5, 5.41) is 21.7. The number of para-hydroxylation sites is 1. The average Bonchev–Trinajstić information content (AvgIpc) is 3.22. The third-order valence-electron chi connectivity index (χ3n) is 4.83. The summed E-state index contributed by atoms with van der Waals surface area (Å²) < 4.78 is 1.79. The molecule has 0 unspecified atom stereocenters. The first kappa shape index (κ1) is 17.3. The second kappa shape index (κ2) is 6.53. The molecule has 8 nitrogen and oxygen atoms in total. The molecule has 1 amide bonds. The summed E-state index contributed by atoms with van der Waals surface area (Å²) in [5.41, 5.74) is 2.74. The van der Waals surface area contributed by atoms with E-state index in [4.69, 9.17) is 0 Å². The van der Waals surface area contributed by atoms with Crippen LogP contribution in [0, 0.1) is 5.92 Å². The molecular weight excluding hydrogens is 346 g/mol. The highest BCUT2D eigenvalue weighted by atomic mass is 16.4. The lowest BCUT2D eigenvalue weighted by Crippen LogP contribution is -2.37. The van der Waals surface area contributed by atoms with Crippen molar-refractivity contribution in [1.82, 2.24) is 24.9 Å². The molecule has 1 aliphatic rings. The van der Waals surface area contributed by atoms with Crippen molar-refractivity contribution in [3.63, 3.8) is 0 Å². The van der Waals surface area contributed by atoms with E-state index in [1.165, 1.54) is 0 Å². The molecule has 140 valence electrons. The molecule has 0 bridgehead atoms. The zero-order valence-electron chi connectivity index (χ0n) is 15.3. The van der Waals surface area contributed by atoms with E-state index >= 15 is 0 Å². The van der Waals surface area contributed by atoms with Gasteiger partial charge in [0.25, 0.3) is 5.91 Å². The summed E-state index contributed by atoms with van der Waals surface area (Å²) in [6.07, 6.45) is 0.580. The maximum atomic E-state index is 13.0. The first-order valence-corrected chi connectivity index (χ1v) is 9.00. The SMILES string of the molecule is CC(C)Cn1nc(C(=O)O)c2c1CCN(C(=O)c1n[nH]c3ccccc13)C2. The number of nitrogens with one attached hydrogen (secondary N) is 1. The molecule has 0 saturated heterocycles. The summed E-state index contributed by atoms with van der Waals surface area (Å²) in [4.78, 5) is 26.3. The fourth-order valence-electron chi connectivity index (χ4n) is 3.61. The number of benzene rings is 1. The molecule has 3 heterocycles. The topological polar surface area (TPSA) is 104 Å². The lowest BCUT2D eigenvalue weighted by atomic mass is 10.0. The Hall–Kier alpha value is -3.16. The Balaban J connectivity index is 1.67. The van der Waals surface area contributed by atoms with Crippen molar-refractivity contribution in [3.8, 4) is 0 Å². The van der Waals surface area contributed by atoms with Gasteiger partial charge in [-0.3, -0.25) is 14.6 Å². The molecule has 4 rings (SSSR count). The van der Waals surface area contributed by atoms with Gasteiger partial charge >= 0.3 is 5.97 Å². The van der Waals surface area contributed by atoms with Crippen LogP contribution in [-0.2, 0) is 19.5 Å². The largest absolute Gasteiger partial charge is 0.476 e.